The van der Waals surface area contributed by atoms with E-state index in [-0.39, 0.29) is 17.7 Å². The van der Waals surface area contributed by atoms with Crippen molar-refractivity contribution < 1.29 is 9.59 Å². The normalized spacial score (nSPS) is 37.5. The Morgan fingerprint density at radius 2 is 1.50 bits per heavy atom. The van der Waals surface area contributed by atoms with E-state index in [2.05, 4.69) is 4.90 Å². The lowest BCUT2D eigenvalue weighted by Gasteiger charge is -2.35. The predicted molar refractivity (Wildman–Crippen MR) is 76.7 cm³/mol. The lowest BCUT2D eigenvalue weighted by Crippen LogP contribution is -2.43. The zero-order valence-electron chi connectivity index (χ0n) is 12.2. The van der Waals surface area contributed by atoms with Gasteiger partial charge in [0.1, 0.15) is 0 Å². The third kappa shape index (κ3) is 2.57. The molecule has 0 aromatic carbocycles. The number of likely N-dealkylation sites (tertiary alicyclic amines) is 1. The van der Waals surface area contributed by atoms with Crippen LogP contribution in [0.2, 0.25) is 0 Å². The van der Waals surface area contributed by atoms with Crippen LogP contribution in [0.25, 0.3) is 0 Å². The van der Waals surface area contributed by atoms with Gasteiger partial charge in [-0.2, -0.15) is 0 Å². The van der Waals surface area contributed by atoms with Crippen LogP contribution in [-0.2, 0) is 9.59 Å². The lowest BCUT2D eigenvalue weighted by atomic mass is 9.80. The van der Waals surface area contributed by atoms with Gasteiger partial charge in [0, 0.05) is 24.4 Å². The average Bonchev–Trinajstić information content (AvgIpc) is 2.90. The van der Waals surface area contributed by atoms with Crippen LogP contribution in [0.15, 0.2) is 0 Å². The molecule has 20 heavy (non-hydrogen) atoms. The predicted octanol–water partition coefficient (Wildman–Crippen LogP) is 2.07. The van der Waals surface area contributed by atoms with Crippen LogP contribution in [0.4, 0.5) is 0 Å². The van der Waals surface area contributed by atoms with Gasteiger partial charge in [-0.25, -0.2) is 0 Å². The molecule has 0 aromatic heterocycles. The molecule has 2 saturated carbocycles. The third-order valence-electron chi connectivity index (χ3n) is 5.77. The number of hydrogen-bond donors (Lipinski definition) is 1. The summed E-state index contributed by atoms with van der Waals surface area (Å²) in [6.45, 7) is 0.962. The third-order valence-corrected chi connectivity index (χ3v) is 5.77. The van der Waals surface area contributed by atoms with Crippen LogP contribution < -0.4 is 5.73 Å². The molecule has 2 N–H and O–H groups in total. The van der Waals surface area contributed by atoms with Crippen LogP contribution in [0.5, 0.6) is 0 Å². The minimum atomic E-state index is -0.190. The summed E-state index contributed by atoms with van der Waals surface area (Å²) in [6, 6.07) is 0.519. The number of hydrogen-bond acceptors (Lipinski definition) is 2. The Labute approximate surface area is 121 Å². The van der Waals surface area contributed by atoms with E-state index < -0.39 is 0 Å². The molecule has 2 amide bonds. The Morgan fingerprint density at radius 1 is 0.850 bits per heavy atom. The van der Waals surface area contributed by atoms with Crippen LogP contribution in [0, 0.1) is 17.8 Å². The van der Waals surface area contributed by atoms with E-state index in [0.29, 0.717) is 11.9 Å². The van der Waals surface area contributed by atoms with Crippen LogP contribution in [0.1, 0.15) is 57.8 Å². The zero-order chi connectivity index (χ0) is 14.1. The Balaban J connectivity index is 1.58. The van der Waals surface area contributed by atoms with Gasteiger partial charge in [-0.15, -0.1) is 0 Å². The van der Waals surface area contributed by atoms with Gasteiger partial charge >= 0.3 is 0 Å². The number of carbonyl (C=O) groups is 2. The fourth-order valence-electron chi connectivity index (χ4n) is 4.54. The molecule has 0 spiro atoms. The Hall–Kier alpha value is -1.06. The monoisotopic (exact) mass is 278 g/mol. The van der Waals surface area contributed by atoms with Gasteiger partial charge in [0.25, 0.3) is 0 Å². The average molecular weight is 278 g/mol. The number of carbonyl (C=O) groups excluding carboxylic acids is 2. The Bertz CT molecular complexity index is 388. The van der Waals surface area contributed by atoms with Crippen molar-refractivity contribution in [2.75, 3.05) is 6.54 Å². The van der Waals surface area contributed by atoms with Crippen LogP contribution in [0.3, 0.4) is 0 Å². The van der Waals surface area contributed by atoms with E-state index in [1.165, 1.54) is 32.1 Å². The standard InChI is InChI=1S/C16H26N2O2/c17-15(19)12-5-7-13(8-6-12)16(20)18-10-9-11-3-1-2-4-14(11)18/h11-14H,1-10H2,(H2,17,19)/t11-,12?,13?,14+/m1/s1. The molecule has 4 heteroatoms. The van der Waals surface area contributed by atoms with E-state index in [1.807, 2.05) is 0 Å². The second kappa shape index (κ2) is 5.74. The van der Waals surface area contributed by atoms with Crippen molar-refractivity contribution in [1.29, 1.82) is 0 Å². The lowest BCUT2D eigenvalue weighted by molar-refractivity contribution is -0.139. The summed E-state index contributed by atoms with van der Waals surface area (Å²) in [5, 5.41) is 0. The van der Waals surface area contributed by atoms with Crippen LogP contribution in [-0.4, -0.2) is 29.3 Å². The molecule has 2 atom stereocenters. The van der Waals surface area contributed by atoms with Crippen molar-refractivity contribution in [2.45, 2.75) is 63.8 Å². The van der Waals surface area contributed by atoms with E-state index in [1.54, 1.807) is 0 Å². The molecule has 2 aliphatic carbocycles. The van der Waals surface area contributed by atoms with Gasteiger partial charge in [0.2, 0.25) is 11.8 Å². The smallest absolute Gasteiger partial charge is 0.225 e. The van der Waals surface area contributed by atoms with Gasteiger partial charge in [0.05, 0.1) is 0 Å². The maximum absolute atomic E-state index is 12.7. The van der Waals surface area contributed by atoms with Gasteiger partial charge in [-0.1, -0.05) is 12.8 Å². The topological polar surface area (TPSA) is 63.4 Å². The van der Waals surface area contributed by atoms with Crippen molar-refractivity contribution in [3.05, 3.63) is 0 Å². The molecule has 0 unspecified atom stereocenters. The van der Waals surface area contributed by atoms with Crippen molar-refractivity contribution in [1.82, 2.24) is 4.90 Å². The molecule has 112 valence electrons. The Morgan fingerprint density at radius 3 is 2.20 bits per heavy atom. The fourth-order valence-corrected chi connectivity index (χ4v) is 4.54. The van der Waals surface area contributed by atoms with Gasteiger partial charge in [-0.05, 0) is 50.9 Å². The largest absolute Gasteiger partial charge is 0.369 e. The number of amides is 2. The number of primary amides is 1. The van der Waals surface area contributed by atoms with Crippen molar-refractivity contribution >= 4 is 11.8 Å². The van der Waals surface area contributed by atoms with E-state index in [0.717, 1.165) is 38.1 Å². The first-order valence-electron chi connectivity index (χ1n) is 8.26. The van der Waals surface area contributed by atoms with E-state index >= 15 is 0 Å². The first kappa shape index (κ1) is 13.9. The SMILES string of the molecule is NC(=O)C1CCC(C(=O)N2CC[C@H]3CCCC[C@@H]32)CC1. The summed E-state index contributed by atoms with van der Waals surface area (Å²) in [4.78, 5) is 26.1. The first-order chi connectivity index (χ1) is 9.66. The summed E-state index contributed by atoms with van der Waals surface area (Å²) < 4.78 is 0. The minimum absolute atomic E-state index is 0.0000529. The summed E-state index contributed by atoms with van der Waals surface area (Å²) >= 11 is 0. The maximum Gasteiger partial charge on any atom is 0.225 e. The molecular weight excluding hydrogens is 252 g/mol. The van der Waals surface area contributed by atoms with Gasteiger partial charge < -0.3 is 10.6 Å². The highest BCUT2D eigenvalue weighted by atomic mass is 16.2. The second-order valence-corrected chi connectivity index (χ2v) is 6.88. The Kier molecular flexibility index (Phi) is 3.99. The number of nitrogens with zero attached hydrogens (tertiary/aromatic N) is 1. The highest BCUT2D eigenvalue weighted by Crippen LogP contribution is 2.38. The van der Waals surface area contributed by atoms with E-state index in [4.69, 9.17) is 5.73 Å². The fraction of sp³-hybridized carbons (Fsp3) is 0.875. The zero-order valence-corrected chi connectivity index (χ0v) is 12.2. The molecule has 1 aliphatic heterocycles. The number of rotatable bonds is 2. The molecule has 0 aromatic rings. The maximum atomic E-state index is 12.7. The van der Waals surface area contributed by atoms with Crippen molar-refractivity contribution in [2.24, 2.45) is 23.5 Å². The number of fused-ring (bicyclic) bond motifs is 1. The van der Waals surface area contributed by atoms with Crippen molar-refractivity contribution in [3.63, 3.8) is 0 Å². The molecule has 0 radical (unpaired) electrons. The van der Waals surface area contributed by atoms with Crippen molar-refractivity contribution in [3.8, 4) is 0 Å². The van der Waals surface area contributed by atoms with E-state index in [9.17, 15) is 9.59 Å². The molecule has 4 nitrogen and oxygen atoms in total. The summed E-state index contributed by atoms with van der Waals surface area (Å²) in [6.07, 6.45) is 9.62. The summed E-state index contributed by atoms with van der Waals surface area (Å²) in [7, 11) is 0. The molecule has 1 heterocycles. The summed E-state index contributed by atoms with van der Waals surface area (Å²) in [5.41, 5.74) is 5.36. The number of nitrogens with two attached hydrogens (primary N) is 1. The first-order valence-corrected chi connectivity index (χ1v) is 8.26. The van der Waals surface area contributed by atoms with Gasteiger partial charge in [0.15, 0.2) is 0 Å². The molecule has 3 fully saturated rings. The highest BCUT2D eigenvalue weighted by molar-refractivity contribution is 5.81. The minimum Gasteiger partial charge on any atom is -0.369 e. The highest BCUT2D eigenvalue weighted by Gasteiger charge is 2.41. The molecule has 1 saturated heterocycles. The summed E-state index contributed by atoms with van der Waals surface area (Å²) in [5.74, 6) is 1.08. The molecule has 3 rings (SSSR count). The molecule has 0 bridgehead atoms. The quantitative estimate of drug-likeness (QED) is 0.840. The molecule has 3 aliphatic rings. The second-order valence-electron chi connectivity index (χ2n) is 6.88. The van der Waals surface area contributed by atoms with Gasteiger partial charge in [-0.3, -0.25) is 9.59 Å². The van der Waals surface area contributed by atoms with Crippen LogP contribution >= 0.6 is 0 Å². The molecular formula is C16H26N2O2.